The molecule has 116 valence electrons. The Kier molecular flexibility index (Phi) is 5.36. The third-order valence-corrected chi connectivity index (χ3v) is 3.79. The third-order valence-electron chi connectivity index (χ3n) is 3.79. The summed E-state index contributed by atoms with van der Waals surface area (Å²) in [6.45, 7) is 4.24. The molecular formula is C15H23N3O3. The van der Waals surface area contributed by atoms with E-state index in [9.17, 15) is 9.90 Å². The number of ether oxygens (including phenoxy) is 1. The Morgan fingerprint density at radius 2 is 2.14 bits per heavy atom. The van der Waals surface area contributed by atoms with Crippen LogP contribution in [-0.4, -0.2) is 33.7 Å². The lowest BCUT2D eigenvalue weighted by Crippen LogP contribution is -2.38. The molecule has 0 saturated heterocycles. The number of nitrogens with zero attached hydrogens (tertiary/aromatic N) is 2. The molecule has 0 aliphatic heterocycles. The van der Waals surface area contributed by atoms with Crippen LogP contribution in [0.1, 0.15) is 44.7 Å². The fourth-order valence-corrected chi connectivity index (χ4v) is 2.81. The van der Waals surface area contributed by atoms with Crippen LogP contribution in [0.25, 0.3) is 0 Å². The molecule has 1 fully saturated rings. The van der Waals surface area contributed by atoms with Crippen LogP contribution in [0.3, 0.4) is 0 Å². The van der Waals surface area contributed by atoms with Crippen LogP contribution in [0.4, 0.5) is 5.95 Å². The van der Waals surface area contributed by atoms with Gasteiger partial charge in [0.25, 0.3) is 0 Å². The molecule has 6 nitrogen and oxygen atoms in total. The molecule has 0 radical (unpaired) electrons. The van der Waals surface area contributed by atoms with Crippen LogP contribution in [0, 0.1) is 12.8 Å². The van der Waals surface area contributed by atoms with E-state index < -0.39 is 12.0 Å². The van der Waals surface area contributed by atoms with Gasteiger partial charge in [0, 0.05) is 11.8 Å². The lowest BCUT2D eigenvalue weighted by molar-refractivity contribution is -0.139. The molecule has 2 N–H and O–H groups in total. The number of carbonyl (C=O) groups is 1. The van der Waals surface area contributed by atoms with Crippen molar-refractivity contribution >= 4 is 11.9 Å². The van der Waals surface area contributed by atoms with Gasteiger partial charge in [0.2, 0.25) is 11.8 Å². The summed E-state index contributed by atoms with van der Waals surface area (Å²) in [5, 5.41) is 12.5. The average Bonchev–Trinajstić information content (AvgIpc) is 2.45. The summed E-state index contributed by atoms with van der Waals surface area (Å²) in [4.78, 5) is 20.0. The first-order valence-electron chi connectivity index (χ1n) is 7.58. The second-order valence-electron chi connectivity index (χ2n) is 5.46. The van der Waals surface area contributed by atoms with Crippen molar-refractivity contribution in [3.05, 3.63) is 11.8 Å². The topological polar surface area (TPSA) is 84.3 Å². The van der Waals surface area contributed by atoms with Crippen molar-refractivity contribution in [1.82, 2.24) is 9.97 Å². The van der Waals surface area contributed by atoms with Crippen LogP contribution >= 0.6 is 0 Å². The van der Waals surface area contributed by atoms with Gasteiger partial charge >= 0.3 is 5.97 Å². The monoisotopic (exact) mass is 293 g/mol. The summed E-state index contributed by atoms with van der Waals surface area (Å²) < 4.78 is 5.38. The number of aromatic nitrogens is 2. The van der Waals surface area contributed by atoms with Crippen molar-refractivity contribution in [2.24, 2.45) is 5.92 Å². The van der Waals surface area contributed by atoms with Gasteiger partial charge in [-0.25, -0.2) is 9.78 Å². The minimum absolute atomic E-state index is 0.135. The zero-order valence-electron chi connectivity index (χ0n) is 12.6. The van der Waals surface area contributed by atoms with Gasteiger partial charge in [0.1, 0.15) is 6.04 Å². The Balaban J connectivity index is 2.14. The highest BCUT2D eigenvalue weighted by Gasteiger charge is 2.30. The number of aliphatic carboxylic acids is 1. The highest BCUT2D eigenvalue weighted by molar-refractivity contribution is 5.77. The first kappa shape index (κ1) is 15.5. The number of anilines is 1. The maximum Gasteiger partial charge on any atom is 0.326 e. The normalized spacial score (nSPS) is 17.2. The van der Waals surface area contributed by atoms with Gasteiger partial charge in [-0.2, -0.15) is 4.98 Å². The van der Waals surface area contributed by atoms with Gasteiger partial charge in [0.15, 0.2) is 0 Å². The molecule has 21 heavy (non-hydrogen) atoms. The van der Waals surface area contributed by atoms with Gasteiger partial charge in [-0.3, -0.25) is 0 Å². The van der Waals surface area contributed by atoms with Crippen molar-refractivity contribution < 1.29 is 14.6 Å². The van der Waals surface area contributed by atoms with E-state index in [0.29, 0.717) is 18.4 Å². The van der Waals surface area contributed by atoms with Crippen molar-refractivity contribution in [3.8, 4) is 5.88 Å². The van der Waals surface area contributed by atoms with E-state index in [-0.39, 0.29) is 5.92 Å². The molecule has 0 spiro atoms. The second kappa shape index (κ2) is 7.24. The van der Waals surface area contributed by atoms with Crippen molar-refractivity contribution in [1.29, 1.82) is 0 Å². The number of nitrogens with one attached hydrogen (secondary N) is 1. The Hall–Kier alpha value is -1.85. The Labute approximate surface area is 124 Å². The van der Waals surface area contributed by atoms with Crippen LogP contribution < -0.4 is 10.1 Å². The van der Waals surface area contributed by atoms with Gasteiger partial charge in [-0.05, 0) is 32.6 Å². The molecule has 1 aromatic rings. The number of hydrogen-bond donors (Lipinski definition) is 2. The number of carboxylic acids is 1. The first-order chi connectivity index (χ1) is 10.1. The summed E-state index contributed by atoms with van der Waals surface area (Å²) in [7, 11) is 0. The van der Waals surface area contributed by atoms with E-state index >= 15 is 0 Å². The summed E-state index contributed by atoms with van der Waals surface area (Å²) in [6, 6.07) is 1.10. The van der Waals surface area contributed by atoms with E-state index in [1.54, 1.807) is 6.07 Å². The van der Waals surface area contributed by atoms with Crippen molar-refractivity contribution in [2.45, 2.75) is 52.0 Å². The minimum Gasteiger partial charge on any atom is -0.480 e. The van der Waals surface area contributed by atoms with E-state index in [0.717, 1.165) is 31.4 Å². The van der Waals surface area contributed by atoms with Gasteiger partial charge < -0.3 is 15.2 Å². The number of rotatable bonds is 6. The fraction of sp³-hybridized carbons (Fsp3) is 0.667. The number of hydrogen-bond acceptors (Lipinski definition) is 5. The molecular weight excluding hydrogens is 270 g/mol. The SMILES string of the molecule is CCOc1cc(C)nc(NC(C(=O)O)C2CCCCC2)n1. The maximum absolute atomic E-state index is 11.5. The minimum atomic E-state index is -0.843. The molecule has 0 aromatic carbocycles. The molecule has 1 aliphatic rings. The Morgan fingerprint density at radius 1 is 1.43 bits per heavy atom. The molecule has 2 rings (SSSR count). The summed E-state index contributed by atoms with van der Waals surface area (Å²) in [5.41, 5.74) is 0.753. The van der Waals surface area contributed by atoms with Gasteiger partial charge in [0.05, 0.1) is 6.61 Å². The molecule has 0 bridgehead atoms. The van der Waals surface area contributed by atoms with Gasteiger partial charge in [-0.1, -0.05) is 19.3 Å². The number of carboxylic acid groups (broad SMARTS) is 1. The van der Waals surface area contributed by atoms with E-state index in [1.165, 1.54) is 6.42 Å². The lowest BCUT2D eigenvalue weighted by Gasteiger charge is -2.28. The molecule has 1 aliphatic carbocycles. The van der Waals surface area contributed by atoms with Gasteiger partial charge in [-0.15, -0.1) is 0 Å². The standard InChI is InChI=1S/C15H23N3O3/c1-3-21-12-9-10(2)16-15(17-12)18-13(14(19)20)11-7-5-4-6-8-11/h9,11,13H,3-8H2,1-2H3,(H,19,20)(H,16,17,18). The molecule has 6 heteroatoms. The maximum atomic E-state index is 11.5. The molecule has 1 atom stereocenters. The number of aryl methyl sites for hydroxylation is 1. The highest BCUT2D eigenvalue weighted by Crippen LogP contribution is 2.28. The zero-order chi connectivity index (χ0) is 15.2. The predicted octanol–water partition coefficient (Wildman–Crippen LogP) is 2.63. The second-order valence-corrected chi connectivity index (χ2v) is 5.46. The fourth-order valence-electron chi connectivity index (χ4n) is 2.81. The summed E-state index contributed by atoms with van der Waals surface area (Å²) in [6.07, 6.45) is 5.25. The van der Waals surface area contributed by atoms with E-state index in [2.05, 4.69) is 15.3 Å². The summed E-state index contributed by atoms with van der Waals surface area (Å²) >= 11 is 0. The first-order valence-corrected chi connectivity index (χ1v) is 7.58. The molecule has 0 amide bonds. The quantitative estimate of drug-likeness (QED) is 0.838. The highest BCUT2D eigenvalue weighted by atomic mass is 16.5. The van der Waals surface area contributed by atoms with E-state index in [1.807, 2.05) is 13.8 Å². The van der Waals surface area contributed by atoms with Crippen LogP contribution in [-0.2, 0) is 4.79 Å². The van der Waals surface area contributed by atoms with Crippen LogP contribution in [0.2, 0.25) is 0 Å². The molecule has 1 unspecified atom stereocenters. The lowest BCUT2D eigenvalue weighted by atomic mass is 9.84. The molecule has 1 aromatic heterocycles. The van der Waals surface area contributed by atoms with Crippen LogP contribution in [0.15, 0.2) is 6.07 Å². The summed E-state index contributed by atoms with van der Waals surface area (Å²) in [5.74, 6) is 0.0950. The largest absolute Gasteiger partial charge is 0.480 e. The van der Waals surface area contributed by atoms with E-state index in [4.69, 9.17) is 4.74 Å². The smallest absolute Gasteiger partial charge is 0.326 e. The van der Waals surface area contributed by atoms with Crippen LogP contribution in [0.5, 0.6) is 5.88 Å². The third kappa shape index (κ3) is 4.31. The molecule has 1 saturated carbocycles. The predicted molar refractivity (Wildman–Crippen MR) is 79.6 cm³/mol. The zero-order valence-corrected chi connectivity index (χ0v) is 12.6. The van der Waals surface area contributed by atoms with Crippen molar-refractivity contribution in [3.63, 3.8) is 0 Å². The average molecular weight is 293 g/mol. The Morgan fingerprint density at radius 3 is 2.76 bits per heavy atom. The molecule has 1 heterocycles. The van der Waals surface area contributed by atoms with Crippen molar-refractivity contribution in [2.75, 3.05) is 11.9 Å². The Bertz CT molecular complexity index is 487.